The van der Waals surface area contributed by atoms with E-state index in [-0.39, 0.29) is 22.8 Å². The van der Waals surface area contributed by atoms with Gasteiger partial charge >= 0.3 is 6.18 Å². The SMILES string of the molecule is N#Cc1ccc(N2C[C@@H]3CCN(C(=O)c4cccs4)C[C@]3(COCC3CC3)C2)cc1C(F)(F)F. The number of piperidine rings is 1. The number of hydrogen-bond donors (Lipinski definition) is 0. The summed E-state index contributed by atoms with van der Waals surface area (Å²) in [5.41, 5.74) is -1.16. The summed E-state index contributed by atoms with van der Waals surface area (Å²) in [5, 5.41) is 11.0. The molecule has 0 unspecified atom stereocenters. The van der Waals surface area contributed by atoms with E-state index in [1.165, 1.54) is 30.2 Å². The predicted octanol–water partition coefficient (Wildman–Crippen LogP) is 5.03. The number of alkyl halides is 3. The van der Waals surface area contributed by atoms with E-state index in [1.807, 2.05) is 27.3 Å². The predicted molar refractivity (Wildman–Crippen MR) is 123 cm³/mol. The molecule has 1 aliphatic carbocycles. The van der Waals surface area contributed by atoms with E-state index in [9.17, 15) is 18.0 Å². The van der Waals surface area contributed by atoms with Crippen LogP contribution in [-0.4, -0.2) is 50.2 Å². The zero-order valence-electron chi connectivity index (χ0n) is 18.7. The number of carbonyl (C=O) groups excluding carboxylic acids is 1. The first-order valence-electron chi connectivity index (χ1n) is 11.6. The molecule has 3 heterocycles. The highest BCUT2D eigenvalue weighted by Crippen LogP contribution is 2.46. The first-order valence-corrected chi connectivity index (χ1v) is 12.4. The van der Waals surface area contributed by atoms with Crippen molar-refractivity contribution >= 4 is 22.9 Å². The zero-order chi connectivity index (χ0) is 23.9. The number of likely N-dealkylation sites (tertiary alicyclic amines) is 1. The fourth-order valence-corrected chi connectivity index (χ4v) is 5.98. The number of carbonyl (C=O) groups is 1. The number of nitrogens with zero attached hydrogens (tertiary/aromatic N) is 3. The van der Waals surface area contributed by atoms with Crippen LogP contribution in [0.2, 0.25) is 0 Å². The highest BCUT2D eigenvalue weighted by Gasteiger charge is 2.51. The van der Waals surface area contributed by atoms with Crippen molar-refractivity contribution in [2.45, 2.75) is 25.4 Å². The second kappa shape index (κ2) is 8.90. The molecule has 2 aromatic rings. The number of ether oxygens (including phenoxy) is 1. The molecule has 0 spiro atoms. The van der Waals surface area contributed by atoms with E-state index in [0.29, 0.717) is 55.9 Å². The van der Waals surface area contributed by atoms with Gasteiger partial charge < -0.3 is 14.5 Å². The molecule has 1 saturated carbocycles. The van der Waals surface area contributed by atoms with E-state index >= 15 is 0 Å². The molecule has 2 saturated heterocycles. The minimum atomic E-state index is -4.59. The van der Waals surface area contributed by atoms with Crippen LogP contribution in [0.1, 0.15) is 40.1 Å². The van der Waals surface area contributed by atoms with Crippen molar-refractivity contribution in [2.75, 3.05) is 44.3 Å². The van der Waals surface area contributed by atoms with Gasteiger partial charge in [0.15, 0.2) is 0 Å². The maximum atomic E-state index is 13.6. The van der Waals surface area contributed by atoms with Crippen molar-refractivity contribution in [3.63, 3.8) is 0 Å². The lowest BCUT2D eigenvalue weighted by Gasteiger charge is -2.43. The monoisotopic (exact) mass is 489 g/mol. The molecule has 34 heavy (non-hydrogen) atoms. The Kier molecular flexibility index (Phi) is 6.07. The molecule has 9 heteroatoms. The number of benzene rings is 1. The molecule has 2 atom stereocenters. The van der Waals surface area contributed by atoms with Crippen LogP contribution >= 0.6 is 11.3 Å². The number of anilines is 1. The maximum Gasteiger partial charge on any atom is 0.417 e. The van der Waals surface area contributed by atoms with E-state index in [2.05, 4.69) is 0 Å². The molecular weight excluding hydrogens is 463 g/mol. The molecule has 0 radical (unpaired) electrons. The lowest BCUT2D eigenvalue weighted by atomic mass is 9.74. The number of hydrogen-bond acceptors (Lipinski definition) is 5. The zero-order valence-corrected chi connectivity index (χ0v) is 19.5. The van der Waals surface area contributed by atoms with Crippen molar-refractivity contribution < 1.29 is 22.7 Å². The van der Waals surface area contributed by atoms with Crippen molar-refractivity contribution in [3.05, 3.63) is 51.7 Å². The summed E-state index contributed by atoms with van der Waals surface area (Å²) in [4.78, 5) is 17.6. The van der Waals surface area contributed by atoms with Crippen LogP contribution in [0.5, 0.6) is 0 Å². The summed E-state index contributed by atoms with van der Waals surface area (Å²) in [6.45, 7) is 3.46. The van der Waals surface area contributed by atoms with Gasteiger partial charge in [-0.25, -0.2) is 0 Å². The first kappa shape index (κ1) is 23.2. The van der Waals surface area contributed by atoms with Gasteiger partial charge in [0.25, 0.3) is 5.91 Å². The topological polar surface area (TPSA) is 56.6 Å². The third-order valence-electron chi connectivity index (χ3n) is 7.32. The quantitative estimate of drug-likeness (QED) is 0.571. The number of rotatable bonds is 6. The minimum Gasteiger partial charge on any atom is -0.380 e. The van der Waals surface area contributed by atoms with Gasteiger partial charge in [-0.05, 0) is 60.7 Å². The van der Waals surface area contributed by atoms with Crippen LogP contribution in [0.3, 0.4) is 0 Å². The molecule has 3 fully saturated rings. The Morgan fingerprint density at radius 3 is 2.74 bits per heavy atom. The Bertz CT molecular complexity index is 1090. The van der Waals surface area contributed by atoms with Crippen LogP contribution in [0.25, 0.3) is 0 Å². The lowest BCUT2D eigenvalue weighted by molar-refractivity contribution is -0.137. The fraction of sp³-hybridized carbons (Fsp3) is 0.520. The Morgan fingerprint density at radius 1 is 1.24 bits per heavy atom. The van der Waals surface area contributed by atoms with Crippen LogP contribution in [0.15, 0.2) is 35.7 Å². The van der Waals surface area contributed by atoms with E-state index in [0.717, 1.165) is 12.5 Å². The Morgan fingerprint density at radius 2 is 2.06 bits per heavy atom. The highest BCUT2D eigenvalue weighted by molar-refractivity contribution is 7.12. The second-order valence-corrected chi connectivity index (χ2v) is 10.7. The van der Waals surface area contributed by atoms with Crippen molar-refractivity contribution in [1.82, 2.24) is 4.90 Å². The van der Waals surface area contributed by atoms with Crippen molar-refractivity contribution in [3.8, 4) is 6.07 Å². The highest BCUT2D eigenvalue weighted by atomic mass is 32.1. The number of fused-ring (bicyclic) bond motifs is 1. The van der Waals surface area contributed by atoms with E-state index in [1.54, 1.807) is 12.1 Å². The molecule has 1 aromatic heterocycles. The Hall–Kier alpha value is -2.57. The van der Waals surface area contributed by atoms with Crippen molar-refractivity contribution in [1.29, 1.82) is 5.26 Å². The summed E-state index contributed by atoms with van der Waals surface area (Å²) in [5.74, 6) is 0.822. The van der Waals surface area contributed by atoms with Crippen molar-refractivity contribution in [2.24, 2.45) is 17.3 Å². The smallest absolute Gasteiger partial charge is 0.380 e. The van der Waals surface area contributed by atoms with Gasteiger partial charge in [-0.2, -0.15) is 18.4 Å². The molecule has 0 N–H and O–H groups in total. The first-order chi connectivity index (χ1) is 16.3. The third kappa shape index (κ3) is 4.53. The maximum absolute atomic E-state index is 13.6. The van der Waals surface area contributed by atoms with E-state index in [4.69, 9.17) is 10.00 Å². The molecule has 1 amide bonds. The summed E-state index contributed by atoms with van der Waals surface area (Å²) >= 11 is 1.42. The average Bonchev–Trinajstić information content (AvgIpc) is 3.32. The number of thiophene rings is 1. The van der Waals surface area contributed by atoms with E-state index < -0.39 is 11.7 Å². The number of nitriles is 1. The minimum absolute atomic E-state index is 0.00574. The summed E-state index contributed by atoms with van der Waals surface area (Å²) in [7, 11) is 0. The number of amides is 1. The van der Waals surface area contributed by atoms with Gasteiger partial charge in [0.1, 0.15) is 0 Å². The van der Waals surface area contributed by atoms with Gasteiger partial charge in [0.2, 0.25) is 0 Å². The van der Waals surface area contributed by atoms with Gasteiger partial charge in [0.05, 0.1) is 28.7 Å². The van der Waals surface area contributed by atoms with Crippen LogP contribution in [0, 0.1) is 28.6 Å². The lowest BCUT2D eigenvalue weighted by Crippen LogP contribution is -2.53. The van der Waals surface area contributed by atoms with Gasteiger partial charge in [-0.1, -0.05) is 6.07 Å². The van der Waals surface area contributed by atoms with Gasteiger partial charge in [-0.15, -0.1) is 11.3 Å². The van der Waals surface area contributed by atoms with Crippen LogP contribution in [-0.2, 0) is 10.9 Å². The van der Waals surface area contributed by atoms with Crippen LogP contribution < -0.4 is 4.90 Å². The summed E-state index contributed by atoms with van der Waals surface area (Å²) in [6.07, 6.45) is -1.46. The standard InChI is InChI=1S/C25H26F3N3O2S/c26-25(27,28)21-10-20(6-5-18(21)11-29)31-12-19-7-8-30(23(32)22-2-1-9-34-22)14-24(19,15-31)16-33-13-17-3-4-17/h1-2,5-6,9-10,17,19H,3-4,7-8,12-16H2/t19-,24+/m0/s1. The Balaban J connectivity index is 1.40. The van der Waals surface area contributed by atoms with Gasteiger partial charge in [0, 0.05) is 43.9 Å². The van der Waals surface area contributed by atoms with Crippen LogP contribution in [0.4, 0.5) is 18.9 Å². The molecule has 0 bridgehead atoms. The molecule has 5 nitrogen and oxygen atoms in total. The largest absolute Gasteiger partial charge is 0.417 e. The fourth-order valence-electron chi connectivity index (χ4n) is 5.29. The molecule has 2 aliphatic heterocycles. The average molecular weight is 490 g/mol. The Labute approximate surface area is 200 Å². The number of halogens is 3. The second-order valence-electron chi connectivity index (χ2n) is 9.73. The molecule has 3 aliphatic rings. The normalized spacial score (nSPS) is 24.7. The van der Waals surface area contributed by atoms with Gasteiger partial charge in [-0.3, -0.25) is 4.79 Å². The summed E-state index contributed by atoms with van der Waals surface area (Å²) < 4.78 is 46.8. The third-order valence-corrected chi connectivity index (χ3v) is 8.18. The molecular formula is C25H26F3N3O2S. The summed E-state index contributed by atoms with van der Waals surface area (Å²) in [6, 6.07) is 9.27. The molecule has 180 valence electrons. The molecule has 1 aromatic carbocycles. The molecule has 5 rings (SSSR count).